The molecule has 3 rings (SSSR count). The Labute approximate surface area is 238 Å². The predicted octanol–water partition coefficient (Wildman–Crippen LogP) is 4.84. The molecule has 0 heterocycles. The monoisotopic (exact) mass is 565 g/mol. The van der Waals surface area contributed by atoms with Crippen LogP contribution in [-0.4, -0.2) is 50.4 Å². The molecule has 0 aliphatic carbocycles. The maximum atomic E-state index is 14.0. The van der Waals surface area contributed by atoms with E-state index in [2.05, 4.69) is 5.32 Å². The third-order valence-electron chi connectivity index (χ3n) is 6.37. The second-order valence-corrected chi connectivity index (χ2v) is 12.8. The van der Waals surface area contributed by atoms with Crippen molar-refractivity contribution in [2.24, 2.45) is 0 Å². The third kappa shape index (κ3) is 7.85. The average molecular weight is 566 g/mol. The van der Waals surface area contributed by atoms with Crippen LogP contribution in [0.25, 0.3) is 0 Å². The topological polar surface area (TPSA) is 96.0 Å². The van der Waals surface area contributed by atoms with Gasteiger partial charge in [-0.3, -0.25) is 13.9 Å². The molecule has 0 bridgehead atoms. The summed E-state index contributed by atoms with van der Waals surface area (Å²) in [5, 5.41) is 2.93. The average Bonchev–Trinajstić information content (AvgIpc) is 2.90. The zero-order valence-corrected chi connectivity index (χ0v) is 25.1. The molecule has 0 fully saturated rings. The van der Waals surface area contributed by atoms with Gasteiger partial charge in [0, 0.05) is 18.2 Å². The molecule has 0 aliphatic heterocycles. The van der Waals surface area contributed by atoms with Crippen LogP contribution >= 0.6 is 0 Å². The van der Waals surface area contributed by atoms with E-state index in [1.165, 1.54) is 24.1 Å². The minimum Gasteiger partial charge on any atom is -0.497 e. The molecule has 1 N–H and O–H groups in total. The number of ether oxygens (including phenoxy) is 1. The van der Waals surface area contributed by atoms with E-state index in [9.17, 15) is 18.0 Å². The van der Waals surface area contributed by atoms with Gasteiger partial charge in [0.15, 0.2) is 0 Å². The zero-order valence-electron chi connectivity index (χ0n) is 24.3. The molecular formula is C31H39N3O5S. The quantitative estimate of drug-likeness (QED) is 0.380. The fourth-order valence-corrected chi connectivity index (χ4v) is 5.48. The van der Waals surface area contributed by atoms with Crippen molar-refractivity contribution in [2.75, 3.05) is 18.0 Å². The molecule has 0 aromatic heterocycles. The van der Waals surface area contributed by atoms with E-state index in [1.807, 2.05) is 58.9 Å². The maximum absolute atomic E-state index is 14.0. The number of benzene rings is 3. The normalized spacial score (nSPS) is 12.4. The minimum atomic E-state index is -4.15. The van der Waals surface area contributed by atoms with Crippen molar-refractivity contribution in [2.45, 2.75) is 64.6 Å². The van der Waals surface area contributed by atoms with Crippen LogP contribution in [0.1, 0.15) is 44.4 Å². The first-order valence-corrected chi connectivity index (χ1v) is 14.6. The largest absolute Gasteiger partial charge is 0.497 e. The Hall–Kier alpha value is -3.85. The molecule has 8 nitrogen and oxygen atoms in total. The Morgan fingerprint density at radius 3 is 2.05 bits per heavy atom. The number of sulfonamides is 1. The minimum absolute atomic E-state index is 0.0531. The van der Waals surface area contributed by atoms with Crippen LogP contribution in [0, 0.1) is 13.8 Å². The van der Waals surface area contributed by atoms with Gasteiger partial charge in [-0.25, -0.2) is 8.42 Å². The van der Waals surface area contributed by atoms with Gasteiger partial charge in [-0.05, 0) is 71.4 Å². The number of nitrogens with zero attached hydrogens (tertiary/aromatic N) is 2. The highest BCUT2D eigenvalue weighted by molar-refractivity contribution is 7.92. The lowest BCUT2D eigenvalue weighted by molar-refractivity contribution is -0.140. The molecule has 2 amide bonds. The molecule has 40 heavy (non-hydrogen) atoms. The summed E-state index contributed by atoms with van der Waals surface area (Å²) >= 11 is 0. The van der Waals surface area contributed by atoms with Gasteiger partial charge in [0.1, 0.15) is 18.3 Å². The van der Waals surface area contributed by atoms with Gasteiger partial charge in [-0.2, -0.15) is 0 Å². The smallest absolute Gasteiger partial charge is 0.264 e. The van der Waals surface area contributed by atoms with Crippen molar-refractivity contribution in [3.63, 3.8) is 0 Å². The number of aryl methyl sites for hydroxylation is 2. The van der Waals surface area contributed by atoms with Gasteiger partial charge in [0.05, 0.1) is 17.7 Å². The van der Waals surface area contributed by atoms with E-state index in [0.29, 0.717) is 5.75 Å². The number of nitrogens with one attached hydrogen (secondary N) is 1. The molecule has 0 spiro atoms. The molecule has 0 saturated carbocycles. The highest BCUT2D eigenvalue weighted by atomic mass is 32.2. The number of hydrogen-bond donors (Lipinski definition) is 1. The number of amides is 2. The first-order chi connectivity index (χ1) is 18.7. The third-order valence-corrected chi connectivity index (χ3v) is 8.16. The molecule has 0 radical (unpaired) electrons. The van der Waals surface area contributed by atoms with Gasteiger partial charge in [0.25, 0.3) is 10.0 Å². The van der Waals surface area contributed by atoms with Crippen LogP contribution in [-0.2, 0) is 26.2 Å². The molecule has 0 saturated heterocycles. The fraction of sp³-hybridized carbons (Fsp3) is 0.355. The van der Waals surface area contributed by atoms with Crippen molar-refractivity contribution in [3.8, 4) is 5.75 Å². The van der Waals surface area contributed by atoms with E-state index >= 15 is 0 Å². The summed E-state index contributed by atoms with van der Waals surface area (Å²) in [4.78, 5) is 28.7. The number of anilines is 1. The van der Waals surface area contributed by atoms with Gasteiger partial charge < -0.3 is 15.0 Å². The van der Waals surface area contributed by atoms with Crippen molar-refractivity contribution in [1.82, 2.24) is 10.2 Å². The van der Waals surface area contributed by atoms with E-state index in [0.717, 1.165) is 21.0 Å². The summed E-state index contributed by atoms with van der Waals surface area (Å²) in [6.07, 6.45) is 0. The van der Waals surface area contributed by atoms with Crippen molar-refractivity contribution < 1.29 is 22.7 Å². The molecule has 1 unspecified atom stereocenters. The van der Waals surface area contributed by atoms with Crippen molar-refractivity contribution in [1.29, 1.82) is 0 Å². The Morgan fingerprint density at radius 2 is 1.50 bits per heavy atom. The highest BCUT2D eigenvalue weighted by Gasteiger charge is 2.33. The van der Waals surface area contributed by atoms with Crippen molar-refractivity contribution >= 4 is 27.5 Å². The van der Waals surface area contributed by atoms with Crippen LogP contribution in [0.5, 0.6) is 5.75 Å². The summed E-state index contributed by atoms with van der Waals surface area (Å²) < 4.78 is 34.2. The molecule has 3 aromatic rings. The second-order valence-electron chi connectivity index (χ2n) is 10.9. The lowest BCUT2D eigenvalue weighted by Gasteiger charge is -2.33. The van der Waals surface area contributed by atoms with Gasteiger partial charge in [0.2, 0.25) is 11.8 Å². The van der Waals surface area contributed by atoms with Crippen LogP contribution in [0.2, 0.25) is 0 Å². The van der Waals surface area contributed by atoms with E-state index in [-0.39, 0.29) is 23.0 Å². The maximum Gasteiger partial charge on any atom is 0.264 e. The van der Waals surface area contributed by atoms with E-state index in [4.69, 9.17) is 4.74 Å². The Bertz CT molecular complexity index is 1430. The fourth-order valence-electron chi connectivity index (χ4n) is 4.08. The molecule has 0 aliphatic rings. The van der Waals surface area contributed by atoms with Gasteiger partial charge >= 0.3 is 0 Å². The van der Waals surface area contributed by atoms with Crippen LogP contribution in [0.15, 0.2) is 77.7 Å². The predicted molar refractivity (Wildman–Crippen MR) is 158 cm³/mol. The van der Waals surface area contributed by atoms with Crippen molar-refractivity contribution in [3.05, 3.63) is 89.5 Å². The second kappa shape index (κ2) is 12.6. The van der Waals surface area contributed by atoms with E-state index < -0.39 is 34.1 Å². The summed E-state index contributed by atoms with van der Waals surface area (Å²) in [5.41, 5.74) is 2.56. The molecular weight excluding hydrogens is 526 g/mol. The lowest BCUT2D eigenvalue weighted by Crippen LogP contribution is -2.54. The first-order valence-electron chi connectivity index (χ1n) is 13.1. The summed E-state index contributed by atoms with van der Waals surface area (Å²) in [6.45, 7) is 10.7. The lowest BCUT2D eigenvalue weighted by atomic mass is 10.1. The molecule has 1 atom stereocenters. The number of rotatable bonds is 10. The van der Waals surface area contributed by atoms with Crippen LogP contribution in [0.4, 0.5) is 5.69 Å². The molecule has 9 heteroatoms. The first kappa shape index (κ1) is 30.7. The summed E-state index contributed by atoms with van der Waals surface area (Å²) in [6, 6.07) is 19.8. The Kier molecular flexibility index (Phi) is 9.63. The Morgan fingerprint density at radius 1 is 0.925 bits per heavy atom. The highest BCUT2D eigenvalue weighted by Crippen LogP contribution is 2.28. The summed E-state index contributed by atoms with van der Waals surface area (Å²) in [7, 11) is -2.66. The molecule has 214 valence electrons. The standard InChI is InChI=1S/C31H39N3O5S/c1-22-11-15-25(16-12-22)20-33(24(3)30(36)32-31(4,5)6)29(35)21-34(26-9-8-10-27(19-26)39-7)40(37,38)28-17-13-23(2)14-18-28/h8-19,24H,20-21H2,1-7H3,(H,32,36). The Balaban J connectivity index is 2.05. The van der Waals surface area contributed by atoms with Gasteiger partial charge in [-0.1, -0.05) is 53.6 Å². The number of carbonyl (C=O) groups is 2. The number of hydrogen-bond acceptors (Lipinski definition) is 5. The summed E-state index contributed by atoms with van der Waals surface area (Å²) in [5.74, 6) is -0.401. The molecule has 3 aromatic carbocycles. The van der Waals surface area contributed by atoms with Crippen LogP contribution in [0.3, 0.4) is 0 Å². The zero-order chi connectivity index (χ0) is 29.7. The number of methoxy groups -OCH3 is 1. The van der Waals surface area contributed by atoms with Crippen LogP contribution < -0.4 is 14.4 Å². The van der Waals surface area contributed by atoms with E-state index in [1.54, 1.807) is 43.3 Å². The SMILES string of the molecule is COc1cccc(N(CC(=O)N(Cc2ccc(C)cc2)C(C)C(=O)NC(C)(C)C)S(=O)(=O)c2ccc(C)cc2)c1. The number of carbonyl (C=O) groups excluding carboxylic acids is 2. The van der Waals surface area contributed by atoms with Gasteiger partial charge in [-0.15, -0.1) is 0 Å².